The van der Waals surface area contributed by atoms with Crippen LogP contribution in [0.5, 0.6) is 5.75 Å². The first-order valence-corrected chi connectivity index (χ1v) is 15.4. The number of methoxy groups -OCH3 is 1. The third-order valence-corrected chi connectivity index (χ3v) is 7.50. The molecule has 0 heterocycles. The van der Waals surface area contributed by atoms with Gasteiger partial charge in [0.1, 0.15) is 19.1 Å². The third-order valence-electron chi connectivity index (χ3n) is 7.50. The Bertz CT molecular complexity index is 1380. The summed E-state index contributed by atoms with van der Waals surface area (Å²) in [7, 11) is 7.34. The average molecular weight is 607 g/mol. The maximum Gasteiger partial charge on any atom is 0.200 e. The van der Waals surface area contributed by atoms with Gasteiger partial charge in [-0.1, -0.05) is 103 Å². The van der Waals surface area contributed by atoms with Gasteiger partial charge in [0.25, 0.3) is 0 Å². The van der Waals surface area contributed by atoms with Crippen molar-refractivity contribution in [3.8, 4) is 5.75 Å². The van der Waals surface area contributed by atoms with Gasteiger partial charge in [0.05, 0.1) is 25.4 Å². The highest BCUT2D eigenvalue weighted by atomic mass is 16.7. The number of hydrogen-bond acceptors (Lipinski definition) is 6. The highest BCUT2D eigenvalue weighted by Gasteiger charge is 2.31. The predicted octanol–water partition coefficient (Wildman–Crippen LogP) is 5.85. The zero-order valence-electron chi connectivity index (χ0n) is 26.0. The number of carbonyl (C=O) groups excluding carboxylic acids is 1. The van der Waals surface area contributed by atoms with E-state index in [9.17, 15) is 4.79 Å². The van der Waals surface area contributed by atoms with Crippen molar-refractivity contribution in [1.82, 2.24) is 10.6 Å². The monoisotopic (exact) mass is 606 g/mol. The molecule has 7 nitrogen and oxygen atoms in total. The first-order valence-electron chi connectivity index (χ1n) is 15.4. The molecule has 8 heteroatoms. The first kappa shape index (κ1) is 33.9. The molecule has 0 bridgehead atoms. The van der Waals surface area contributed by atoms with E-state index in [4.69, 9.17) is 26.8 Å². The topological polar surface area (TPSA) is 78.1 Å². The van der Waals surface area contributed by atoms with E-state index < -0.39 is 18.0 Å². The molecule has 0 aromatic heterocycles. The lowest BCUT2D eigenvalue weighted by atomic mass is 9.91. The maximum atomic E-state index is 12.3. The SMILES string of the molecule is [B]C(=O)N[C@H](Cc1ccccc1)[C@H](OCOCCOC)[C@@H](CCc1ccccc1)NCc1cccc(OCc2ccccc2)c1. The van der Waals surface area contributed by atoms with E-state index in [2.05, 4.69) is 34.9 Å². The minimum absolute atomic E-state index is 0.0477. The molecule has 2 N–H and O–H groups in total. The predicted molar refractivity (Wildman–Crippen MR) is 178 cm³/mol. The summed E-state index contributed by atoms with van der Waals surface area (Å²) in [6.45, 7) is 1.97. The molecule has 4 rings (SSSR count). The van der Waals surface area contributed by atoms with Gasteiger partial charge in [0.15, 0.2) is 5.81 Å². The van der Waals surface area contributed by atoms with Crippen molar-refractivity contribution >= 4 is 13.7 Å². The Morgan fingerprint density at radius 3 is 2.07 bits per heavy atom. The van der Waals surface area contributed by atoms with Crippen LogP contribution in [-0.2, 0) is 40.2 Å². The number of rotatable bonds is 20. The Morgan fingerprint density at radius 1 is 0.756 bits per heavy atom. The fourth-order valence-corrected chi connectivity index (χ4v) is 5.23. The molecule has 234 valence electrons. The van der Waals surface area contributed by atoms with Crippen molar-refractivity contribution in [1.29, 1.82) is 0 Å². The van der Waals surface area contributed by atoms with Crippen molar-refractivity contribution in [2.75, 3.05) is 27.1 Å². The highest BCUT2D eigenvalue weighted by Crippen LogP contribution is 2.20. The largest absolute Gasteiger partial charge is 0.489 e. The second-order valence-corrected chi connectivity index (χ2v) is 10.9. The quantitative estimate of drug-likeness (QED) is 0.0747. The molecule has 0 spiro atoms. The molecule has 0 aliphatic rings. The number of hydrogen-bond donors (Lipinski definition) is 2. The van der Waals surface area contributed by atoms with Crippen LogP contribution >= 0.6 is 0 Å². The lowest BCUT2D eigenvalue weighted by Crippen LogP contribution is -2.55. The Balaban J connectivity index is 1.54. The van der Waals surface area contributed by atoms with Crippen molar-refractivity contribution in [2.24, 2.45) is 0 Å². The highest BCUT2D eigenvalue weighted by molar-refractivity contribution is 6.57. The zero-order chi connectivity index (χ0) is 31.5. The van der Waals surface area contributed by atoms with Gasteiger partial charge in [-0.25, -0.2) is 0 Å². The summed E-state index contributed by atoms with van der Waals surface area (Å²) < 4.78 is 23.4. The molecule has 0 fully saturated rings. The number of aryl methyl sites for hydroxylation is 1. The lowest BCUT2D eigenvalue weighted by Gasteiger charge is -2.35. The minimum Gasteiger partial charge on any atom is -0.489 e. The molecule has 0 saturated carbocycles. The van der Waals surface area contributed by atoms with Crippen LogP contribution in [0.1, 0.15) is 28.7 Å². The standard InChI is InChI=1S/C37H43BN2O5/c1-42-22-23-43-28-45-36(35(40-37(38)41)25-30-14-7-3-8-15-30)34(21-20-29-12-5-2-6-13-29)39-26-32-18-11-19-33(24-32)44-27-31-16-9-4-10-17-31/h2-19,24,34-36,39H,20-23,25-28H2,1H3,(H,40,41)/t34-,35-,36-/m1/s1. The number of nitrogens with one attached hydrogen (secondary N) is 2. The first-order chi connectivity index (χ1) is 22.1. The van der Waals surface area contributed by atoms with E-state index in [0.29, 0.717) is 32.8 Å². The summed E-state index contributed by atoms with van der Waals surface area (Å²) in [5.74, 6) is 0.200. The van der Waals surface area contributed by atoms with Gasteiger partial charge in [-0.05, 0) is 53.6 Å². The van der Waals surface area contributed by atoms with E-state index in [1.807, 2.05) is 91.0 Å². The summed E-state index contributed by atoms with van der Waals surface area (Å²) in [4.78, 5) is 12.3. The molecule has 0 unspecified atom stereocenters. The van der Waals surface area contributed by atoms with Gasteiger partial charge in [-0.2, -0.15) is 0 Å². The van der Waals surface area contributed by atoms with Crippen molar-refractivity contribution in [2.45, 2.75) is 50.6 Å². The Kier molecular flexibility index (Phi) is 14.7. The summed E-state index contributed by atoms with van der Waals surface area (Å²) in [6.07, 6.45) is 1.65. The van der Waals surface area contributed by atoms with Crippen molar-refractivity contribution < 1.29 is 23.7 Å². The van der Waals surface area contributed by atoms with E-state index in [1.54, 1.807) is 7.11 Å². The van der Waals surface area contributed by atoms with Gasteiger partial charge in [0.2, 0.25) is 7.85 Å². The zero-order valence-corrected chi connectivity index (χ0v) is 26.0. The summed E-state index contributed by atoms with van der Waals surface area (Å²) in [6, 6.07) is 38.0. The summed E-state index contributed by atoms with van der Waals surface area (Å²) in [5, 5.41) is 6.72. The maximum absolute atomic E-state index is 12.3. The summed E-state index contributed by atoms with van der Waals surface area (Å²) in [5.41, 5.74) is 4.47. The van der Waals surface area contributed by atoms with Crippen LogP contribution in [0.3, 0.4) is 0 Å². The normalized spacial score (nSPS) is 13.1. The van der Waals surface area contributed by atoms with Crippen LogP contribution in [0.2, 0.25) is 0 Å². The van der Waals surface area contributed by atoms with Crippen LogP contribution < -0.4 is 15.4 Å². The molecule has 0 aliphatic carbocycles. The van der Waals surface area contributed by atoms with Gasteiger partial charge in [-0.3, -0.25) is 4.79 Å². The van der Waals surface area contributed by atoms with E-state index in [1.165, 1.54) is 5.56 Å². The number of carbonyl (C=O) groups is 1. The van der Waals surface area contributed by atoms with Crippen LogP contribution in [0.4, 0.5) is 4.79 Å². The molecule has 4 aromatic carbocycles. The number of benzene rings is 4. The molecule has 45 heavy (non-hydrogen) atoms. The van der Waals surface area contributed by atoms with E-state index in [-0.39, 0.29) is 12.8 Å². The van der Waals surface area contributed by atoms with Crippen molar-refractivity contribution in [3.63, 3.8) is 0 Å². The Morgan fingerprint density at radius 2 is 1.40 bits per heavy atom. The number of amides is 1. The van der Waals surface area contributed by atoms with Gasteiger partial charge in [-0.15, -0.1) is 0 Å². The van der Waals surface area contributed by atoms with E-state index in [0.717, 1.165) is 35.3 Å². The molecule has 0 aliphatic heterocycles. The van der Waals surface area contributed by atoms with Crippen LogP contribution in [0.15, 0.2) is 115 Å². The second-order valence-electron chi connectivity index (χ2n) is 10.9. The summed E-state index contributed by atoms with van der Waals surface area (Å²) >= 11 is 0. The van der Waals surface area contributed by atoms with Gasteiger partial charge in [0, 0.05) is 19.7 Å². The van der Waals surface area contributed by atoms with Gasteiger partial charge < -0.3 is 29.6 Å². The van der Waals surface area contributed by atoms with Crippen LogP contribution in [0, 0.1) is 0 Å². The molecule has 3 atom stereocenters. The molecule has 4 aromatic rings. The van der Waals surface area contributed by atoms with Crippen LogP contribution in [-0.4, -0.2) is 59.0 Å². The molecular weight excluding hydrogens is 563 g/mol. The molecule has 0 saturated heterocycles. The molecule has 1 amide bonds. The number of ether oxygens (including phenoxy) is 4. The third kappa shape index (κ3) is 12.5. The Labute approximate surface area is 268 Å². The second kappa shape index (κ2) is 19.4. The fourth-order valence-electron chi connectivity index (χ4n) is 5.23. The smallest absolute Gasteiger partial charge is 0.200 e. The van der Waals surface area contributed by atoms with E-state index >= 15 is 0 Å². The van der Waals surface area contributed by atoms with Crippen molar-refractivity contribution in [3.05, 3.63) is 138 Å². The molecule has 2 radical (unpaired) electrons. The minimum atomic E-state index is -0.602. The Hall–Kier alpha value is -3.95. The van der Waals surface area contributed by atoms with Gasteiger partial charge >= 0.3 is 0 Å². The van der Waals surface area contributed by atoms with Crippen LogP contribution in [0.25, 0.3) is 0 Å². The molecular formula is C37H43BN2O5. The lowest BCUT2D eigenvalue weighted by molar-refractivity contribution is -0.116. The average Bonchev–Trinajstić information content (AvgIpc) is 3.07. The fraction of sp³-hybridized carbons (Fsp3) is 0.324.